The van der Waals surface area contributed by atoms with Crippen molar-refractivity contribution in [2.45, 2.75) is 37.8 Å². The quantitative estimate of drug-likeness (QED) is 0.806. The molecule has 0 aromatic heterocycles. The number of para-hydroxylation sites is 1. The summed E-state index contributed by atoms with van der Waals surface area (Å²) in [6.07, 6.45) is 2.37. The van der Waals surface area contributed by atoms with E-state index in [9.17, 15) is 9.59 Å². The average molecular weight is 335 g/mol. The molecule has 2 aliphatic rings. The second-order valence-corrected chi connectivity index (χ2v) is 6.74. The van der Waals surface area contributed by atoms with E-state index >= 15 is 0 Å². The lowest BCUT2D eigenvalue weighted by atomic mass is 10.0. The van der Waals surface area contributed by atoms with Crippen LogP contribution in [0.1, 0.15) is 35.2 Å². The van der Waals surface area contributed by atoms with Crippen molar-refractivity contribution >= 4 is 11.7 Å². The maximum atomic E-state index is 12.9. The lowest BCUT2D eigenvalue weighted by Gasteiger charge is -2.26. The van der Waals surface area contributed by atoms with Crippen molar-refractivity contribution in [2.24, 2.45) is 0 Å². The van der Waals surface area contributed by atoms with E-state index in [0.717, 1.165) is 24.2 Å². The molecule has 0 radical (unpaired) electrons. The van der Waals surface area contributed by atoms with E-state index in [2.05, 4.69) is 0 Å². The zero-order valence-electron chi connectivity index (χ0n) is 14.1. The van der Waals surface area contributed by atoms with Crippen molar-refractivity contribution in [3.8, 4) is 5.75 Å². The van der Waals surface area contributed by atoms with Gasteiger partial charge in [0.1, 0.15) is 5.75 Å². The van der Waals surface area contributed by atoms with Crippen LogP contribution >= 0.6 is 0 Å². The summed E-state index contributed by atoms with van der Waals surface area (Å²) in [6, 6.07) is 17.1. The van der Waals surface area contributed by atoms with Crippen molar-refractivity contribution in [3.05, 3.63) is 65.7 Å². The van der Waals surface area contributed by atoms with E-state index in [1.807, 2.05) is 59.5 Å². The highest BCUT2D eigenvalue weighted by Crippen LogP contribution is 2.31. The molecule has 128 valence electrons. The molecule has 0 spiro atoms. The van der Waals surface area contributed by atoms with Gasteiger partial charge in [0, 0.05) is 31.0 Å². The van der Waals surface area contributed by atoms with Crippen LogP contribution in [0, 0.1) is 0 Å². The van der Waals surface area contributed by atoms with Crippen molar-refractivity contribution in [1.82, 2.24) is 4.90 Å². The molecule has 4 rings (SSSR count). The Labute approximate surface area is 147 Å². The summed E-state index contributed by atoms with van der Waals surface area (Å²) in [7, 11) is 0. The van der Waals surface area contributed by atoms with Gasteiger partial charge >= 0.3 is 0 Å². The third-order valence-corrected chi connectivity index (χ3v) is 5.10. The minimum atomic E-state index is -0.454. The molecule has 1 saturated heterocycles. The molecule has 0 saturated carbocycles. The summed E-state index contributed by atoms with van der Waals surface area (Å²) in [6.45, 7) is 0.710. The third-order valence-electron chi connectivity index (χ3n) is 5.10. The van der Waals surface area contributed by atoms with E-state index in [0.29, 0.717) is 24.9 Å². The van der Waals surface area contributed by atoms with Gasteiger partial charge < -0.3 is 9.64 Å². The van der Waals surface area contributed by atoms with Crippen molar-refractivity contribution < 1.29 is 14.3 Å². The number of carbonyl (C=O) groups excluding carboxylic acids is 2. The van der Waals surface area contributed by atoms with Crippen LogP contribution in [-0.4, -0.2) is 35.3 Å². The molecule has 4 nitrogen and oxygen atoms in total. The fourth-order valence-corrected chi connectivity index (χ4v) is 3.80. The van der Waals surface area contributed by atoms with Gasteiger partial charge in [-0.15, -0.1) is 0 Å². The number of nitrogens with zero attached hydrogens (tertiary/aromatic N) is 1. The van der Waals surface area contributed by atoms with Crippen LogP contribution in [-0.2, 0) is 11.2 Å². The van der Waals surface area contributed by atoms with Crippen LogP contribution in [0.15, 0.2) is 54.6 Å². The van der Waals surface area contributed by atoms with Crippen LogP contribution in [0.5, 0.6) is 5.75 Å². The maximum absolute atomic E-state index is 12.9. The van der Waals surface area contributed by atoms with Crippen LogP contribution in [0.25, 0.3) is 0 Å². The molecule has 25 heavy (non-hydrogen) atoms. The van der Waals surface area contributed by atoms with Gasteiger partial charge in [0.2, 0.25) is 0 Å². The van der Waals surface area contributed by atoms with E-state index in [4.69, 9.17) is 4.74 Å². The standard InChI is InChI=1S/C21H21NO3/c23-18(15-7-2-1-3-8-15)14-17-10-6-12-22(17)21(24)20-13-16-9-4-5-11-19(16)25-20/h1-5,7-9,11,17,20H,6,10,12-14H2. The third kappa shape index (κ3) is 3.16. The Morgan fingerprint density at radius 2 is 1.80 bits per heavy atom. The Balaban J connectivity index is 1.43. The zero-order valence-corrected chi connectivity index (χ0v) is 14.1. The van der Waals surface area contributed by atoms with Crippen LogP contribution in [0.3, 0.4) is 0 Å². The van der Waals surface area contributed by atoms with Gasteiger partial charge in [0.25, 0.3) is 5.91 Å². The highest BCUT2D eigenvalue weighted by Gasteiger charge is 2.37. The smallest absolute Gasteiger partial charge is 0.264 e. The molecule has 2 aliphatic heterocycles. The van der Waals surface area contributed by atoms with Gasteiger partial charge in [-0.2, -0.15) is 0 Å². The molecule has 2 unspecified atom stereocenters. The summed E-state index contributed by atoms with van der Waals surface area (Å²) in [5, 5.41) is 0. The van der Waals surface area contributed by atoms with E-state index < -0.39 is 6.10 Å². The van der Waals surface area contributed by atoms with Crippen LogP contribution < -0.4 is 4.74 Å². The van der Waals surface area contributed by atoms with Crippen LogP contribution in [0.4, 0.5) is 0 Å². The first kappa shape index (κ1) is 15.9. The van der Waals surface area contributed by atoms with E-state index in [-0.39, 0.29) is 17.7 Å². The topological polar surface area (TPSA) is 46.6 Å². The number of amides is 1. The van der Waals surface area contributed by atoms with Crippen LogP contribution in [0.2, 0.25) is 0 Å². The Hall–Kier alpha value is -2.62. The number of benzene rings is 2. The molecule has 2 atom stereocenters. The van der Waals surface area contributed by atoms with Crippen molar-refractivity contribution in [1.29, 1.82) is 0 Å². The Morgan fingerprint density at radius 1 is 1.04 bits per heavy atom. The predicted molar refractivity (Wildman–Crippen MR) is 94.7 cm³/mol. The number of likely N-dealkylation sites (tertiary alicyclic amines) is 1. The molecular weight excluding hydrogens is 314 g/mol. The van der Waals surface area contributed by atoms with Gasteiger partial charge in [0.05, 0.1) is 0 Å². The number of fused-ring (bicyclic) bond motifs is 1. The van der Waals surface area contributed by atoms with Gasteiger partial charge in [0.15, 0.2) is 11.9 Å². The fraction of sp³-hybridized carbons (Fsp3) is 0.333. The average Bonchev–Trinajstić information content (AvgIpc) is 3.28. The molecule has 2 heterocycles. The van der Waals surface area contributed by atoms with E-state index in [1.54, 1.807) is 0 Å². The minimum absolute atomic E-state index is 0.0135. The Bertz CT molecular complexity index is 762. The summed E-state index contributed by atoms with van der Waals surface area (Å²) in [5.74, 6) is 0.914. The molecule has 0 aliphatic carbocycles. The minimum Gasteiger partial charge on any atom is -0.480 e. The molecule has 4 heteroatoms. The number of hydrogen-bond donors (Lipinski definition) is 0. The number of ketones is 1. The molecule has 0 N–H and O–H groups in total. The number of hydrogen-bond acceptors (Lipinski definition) is 3. The highest BCUT2D eigenvalue weighted by atomic mass is 16.5. The molecular formula is C21H21NO3. The first-order valence-corrected chi connectivity index (χ1v) is 8.85. The SMILES string of the molecule is O=C(CC1CCCN1C(=O)C1Cc2ccccc2O1)c1ccccc1. The number of ether oxygens (including phenoxy) is 1. The van der Waals surface area contributed by atoms with Gasteiger partial charge in [-0.05, 0) is 24.5 Å². The first-order valence-electron chi connectivity index (χ1n) is 8.85. The van der Waals surface area contributed by atoms with E-state index in [1.165, 1.54) is 0 Å². The summed E-state index contributed by atoms with van der Waals surface area (Å²) < 4.78 is 5.84. The lowest BCUT2D eigenvalue weighted by molar-refractivity contribution is -0.138. The van der Waals surface area contributed by atoms with Gasteiger partial charge in [-0.1, -0.05) is 48.5 Å². The molecule has 2 aromatic rings. The fourth-order valence-electron chi connectivity index (χ4n) is 3.80. The molecule has 1 fully saturated rings. The largest absolute Gasteiger partial charge is 0.480 e. The number of rotatable bonds is 4. The number of Topliss-reactive ketones (excluding diaryl/α,β-unsaturated/α-hetero) is 1. The molecule has 2 aromatic carbocycles. The molecule has 0 bridgehead atoms. The zero-order chi connectivity index (χ0) is 17.2. The highest BCUT2D eigenvalue weighted by molar-refractivity contribution is 5.96. The van der Waals surface area contributed by atoms with Gasteiger partial charge in [-0.25, -0.2) is 0 Å². The predicted octanol–water partition coefficient (Wildman–Crippen LogP) is 3.25. The number of carbonyl (C=O) groups is 2. The lowest BCUT2D eigenvalue weighted by Crippen LogP contribution is -2.44. The summed E-state index contributed by atoms with van der Waals surface area (Å²) in [4.78, 5) is 27.3. The normalized spacial score (nSPS) is 21.7. The summed E-state index contributed by atoms with van der Waals surface area (Å²) >= 11 is 0. The van der Waals surface area contributed by atoms with Crippen molar-refractivity contribution in [2.75, 3.05) is 6.54 Å². The van der Waals surface area contributed by atoms with Gasteiger partial charge in [-0.3, -0.25) is 9.59 Å². The first-order chi connectivity index (χ1) is 12.2. The second kappa shape index (κ2) is 6.71. The van der Waals surface area contributed by atoms with Crippen molar-refractivity contribution in [3.63, 3.8) is 0 Å². The molecule has 1 amide bonds. The monoisotopic (exact) mass is 335 g/mol. The second-order valence-electron chi connectivity index (χ2n) is 6.74. The Kier molecular flexibility index (Phi) is 4.26. The summed E-state index contributed by atoms with van der Waals surface area (Å²) in [5.41, 5.74) is 1.79. The Morgan fingerprint density at radius 3 is 2.60 bits per heavy atom. The maximum Gasteiger partial charge on any atom is 0.264 e.